The maximum absolute atomic E-state index is 11.8. The van der Waals surface area contributed by atoms with Gasteiger partial charge in [0, 0.05) is 31.4 Å². The number of nitrogens with one attached hydrogen (secondary N) is 2. The molecule has 3 rings (SSSR count). The number of carbonyl (C=O) groups is 2. The Labute approximate surface area is 122 Å². The minimum Gasteiger partial charge on any atom is -0.347 e. The van der Waals surface area contributed by atoms with Crippen LogP contribution in [0.3, 0.4) is 0 Å². The second kappa shape index (κ2) is 5.78. The Kier molecular flexibility index (Phi) is 3.68. The van der Waals surface area contributed by atoms with Crippen molar-refractivity contribution in [2.24, 2.45) is 0 Å². The Hall–Kier alpha value is -2.63. The number of rotatable bonds is 4. The fraction of sp³-hybridized carbons (Fsp3) is 0.267. The second-order valence-electron chi connectivity index (χ2n) is 4.97. The summed E-state index contributed by atoms with van der Waals surface area (Å²) in [4.78, 5) is 25.2. The van der Waals surface area contributed by atoms with Crippen LogP contribution in [0.4, 0.5) is 5.69 Å². The fourth-order valence-electron chi connectivity index (χ4n) is 2.37. The van der Waals surface area contributed by atoms with E-state index in [2.05, 4.69) is 15.5 Å². The molecule has 2 amide bonds. The minimum absolute atomic E-state index is 0.176. The number of carbonyl (C=O) groups excluding carboxylic acids is 2. The summed E-state index contributed by atoms with van der Waals surface area (Å²) in [6, 6.07) is 9.31. The highest BCUT2D eigenvalue weighted by molar-refractivity contribution is 5.95. The first-order valence-electron chi connectivity index (χ1n) is 6.91. The van der Waals surface area contributed by atoms with Crippen LogP contribution in [0.5, 0.6) is 0 Å². The van der Waals surface area contributed by atoms with Gasteiger partial charge in [0.05, 0.1) is 0 Å². The lowest BCUT2D eigenvalue weighted by molar-refractivity contribution is -0.117. The summed E-state index contributed by atoms with van der Waals surface area (Å²) in [7, 11) is 0. The third kappa shape index (κ3) is 2.94. The van der Waals surface area contributed by atoms with E-state index in [4.69, 9.17) is 0 Å². The van der Waals surface area contributed by atoms with Crippen molar-refractivity contribution in [2.45, 2.75) is 19.4 Å². The molecular weight excluding hydrogens is 268 g/mol. The number of aromatic nitrogens is 2. The van der Waals surface area contributed by atoms with E-state index in [9.17, 15) is 9.59 Å². The highest BCUT2D eigenvalue weighted by Crippen LogP contribution is 2.21. The molecule has 1 aromatic heterocycles. The van der Waals surface area contributed by atoms with Crippen molar-refractivity contribution in [3.8, 4) is 0 Å². The average Bonchev–Trinajstić information content (AvgIpc) is 3.17. The molecule has 1 saturated heterocycles. The quantitative estimate of drug-likeness (QED) is 0.892. The summed E-state index contributed by atoms with van der Waals surface area (Å²) >= 11 is 0. The van der Waals surface area contributed by atoms with E-state index in [1.807, 2.05) is 24.3 Å². The van der Waals surface area contributed by atoms with Crippen molar-refractivity contribution in [1.82, 2.24) is 15.5 Å². The Morgan fingerprint density at radius 2 is 2.10 bits per heavy atom. The number of nitrogens with zero attached hydrogens (tertiary/aromatic N) is 2. The molecule has 2 N–H and O–H groups in total. The smallest absolute Gasteiger partial charge is 0.269 e. The van der Waals surface area contributed by atoms with Gasteiger partial charge in [-0.15, -0.1) is 0 Å². The molecule has 0 unspecified atom stereocenters. The largest absolute Gasteiger partial charge is 0.347 e. The first-order valence-corrected chi connectivity index (χ1v) is 6.91. The van der Waals surface area contributed by atoms with Crippen molar-refractivity contribution in [3.63, 3.8) is 0 Å². The predicted molar refractivity (Wildman–Crippen MR) is 77.8 cm³/mol. The molecule has 21 heavy (non-hydrogen) atoms. The molecule has 0 bridgehead atoms. The molecule has 2 aromatic rings. The standard InChI is InChI=1S/C15H16N4O2/c20-14-2-1-9-19(14)12-5-3-11(4-6-12)10-16-15(21)13-7-8-17-18-13/h3-8H,1-2,9-10H2,(H,16,21)(H,17,18). The van der Waals surface area contributed by atoms with Gasteiger partial charge in [0.1, 0.15) is 5.69 Å². The Morgan fingerprint density at radius 3 is 2.71 bits per heavy atom. The summed E-state index contributed by atoms with van der Waals surface area (Å²) < 4.78 is 0. The van der Waals surface area contributed by atoms with Gasteiger partial charge in [-0.3, -0.25) is 14.7 Å². The van der Waals surface area contributed by atoms with Crippen molar-refractivity contribution < 1.29 is 9.59 Å². The Morgan fingerprint density at radius 1 is 1.29 bits per heavy atom. The molecule has 6 heteroatoms. The van der Waals surface area contributed by atoms with Crippen molar-refractivity contribution in [3.05, 3.63) is 47.8 Å². The molecule has 6 nitrogen and oxygen atoms in total. The fourth-order valence-corrected chi connectivity index (χ4v) is 2.37. The lowest BCUT2D eigenvalue weighted by atomic mass is 10.2. The molecule has 0 radical (unpaired) electrons. The summed E-state index contributed by atoms with van der Waals surface area (Å²) in [5.41, 5.74) is 2.34. The molecular formula is C15H16N4O2. The van der Waals surface area contributed by atoms with Crippen LogP contribution in [0.2, 0.25) is 0 Å². The first-order chi connectivity index (χ1) is 10.2. The van der Waals surface area contributed by atoms with Crippen LogP contribution in [0, 0.1) is 0 Å². The van der Waals surface area contributed by atoms with Crippen LogP contribution in [0.15, 0.2) is 36.5 Å². The van der Waals surface area contributed by atoms with Gasteiger partial charge in [0.2, 0.25) is 5.91 Å². The number of amides is 2. The lowest BCUT2D eigenvalue weighted by Crippen LogP contribution is -2.24. The van der Waals surface area contributed by atoms with Crippen LogP contribution in [-0.4, -0.2) is 28.6 Å². The van der Waals surface area contributed by atoms with Crippen LogP contribution in [-0.2, 0) is 11.3 Å². The summed E-state index contributed by atoms with van der Waals surface area (Å²) in [6.07, 6.45) is 3.08. The van der Waals surface area contributed by atoms with E-state index in [1.54, 1.807) is 11.0 Å². The molecule has 1 aliphatic rings. The molecule has 0 atom stereocenters. The molecule has 0 saturated carbocycles. The van der Waals surface area contributed by atoms with E-state index in [1.165, 1.54) is 6.20 Å². The molecule has 1 fully saturated rings. The van der Waals surface area contributed by atoms with Crippen LogP contribution in [0.1, 0.15) is 28.9 Å². The number of benzene rings is 1. The van der Waals surface area contributed by atoms with Crippen LogP contribution in [0.25, 0.3) is 0 Å². The second-order valence-corrected chi connectivity index (χ2v) is 4.97. The third-order valence-corrected chi connectivity index (χ3v) is 3.52. The topological polar surface area (TPSA) is 78.1 Å². The molecule has 2 heterocycles. The molecule has 1 aliphatic heterocycles. The maximum atomic E-state index is 11.8. The summed E-state index contributed by atoms with van der Waals surface area (Å²) in [6.45, 7) is 1.22. The molecule has 108 valence electrons. The first kappa shape index (κ1) is 13.4. The number of H-pyrrole nitrogens is 1. The van der Waals surface area contributed by atoms with Crippen molar-refractivity contribution in [1.29, 1.82) is 0 Å². The average molecular weight is 284 g/mol. The van der Waals surface area contributed by atoms with Gasteiger partial charge in [-0.25, -0.2) is 0 Å². The number of aromatic amines is 1. The lowest BCUT2D eigenvalue weighted by Gasteiger charge is -2.16. The van der Waals surface area contributed by atoms with Gasteiger partial charge in [-0.05, 0) is 30.2 Å². The van der Waals surface area contributed by atoms with Gasteiger partial charge in [0.15, 0.2) is 0 Å². The third-order valence-electron chi connectivity index (χ3n) is 3.52. The van der Waals surface area contributed by atoms with Gasteiger partial charge >= 0.3 is 0 Å². The summed E-state index contributed by atoms with van der Waals surface area (Å²) in [5, 5.41) is 9.16. The zero-order valence-corrected chi connectivity index (χ0v) is 11.5. The van der Waals surface area contributed by atoms with E-state index >= 15 is 0 Å². The van der Waals surface area contributed by atoms with E-state index < -0.39 is 0 Å². The number of hydrogen-bond donors (Lipinski definition) is 2. The predicted octanol–water partition coefficient (Wildman–Crippen LogP) is 1.47. The Balaban J connectivity index is 1.60. The monoisotopic (exact) mass is 284 g/mol. The van der Waals surface area contributed by atoms with Crippen LogP contribution >= 0.6 is 0 Å². The maximum Gasteiger partial charge on any atom is 0.269 e. The van der Waals surface area contributed by atoms with E-state index in [0.29, 0.717) is 18.7 Å². The van der Waals surface area contributed by atoms with Gasteiger partial charge in [0.25, 0.3) is 5.91 Å². The van der Waals surface area contributed by atoms with Crippen molar-refractivity contribution in [2.75, 3.05) is 11.4 Å². The van der Waals surface area contributed by atoms with E-state index in [0.717, 1.165) is 24.2 Å². The van der Waals surface area contributed by atoms with Gasteiger partial charge in [-0.1, -0.05) is 12.1 Å². The number of hydrogen-bond acceptors (Lipinski definition) is 3. The van der Waals surface area contributed by atoms with E-state index in [-0.39, 0.29) is 11.8 Å². The zero-order chi connectivity index (χ0) is 14.7. The highest BCUT2D eigenvalue weighted by atomic mass is 16.2. The highest BCUT2D eigenvalue weighted by Gasteiger charge is 2.21. The van der Waals surface area contributed by atoms with Crippen LogP contribution < -0.4 is 10.2 Å². The SMILES string of the molecule is O=C(NCc1ccc(N2CCCC2=O)cc1)c1ccn[nH]1. The van der Waals surface area contributed by atoms with Crippen molar-refractivity contribution >= 4 is 17.5 Å². The molecule has 0 spiro atoms. The van der Waals surface area contributed by atoms with Gasteiger partial charge < -0.3 is 10.2 Å². The zero-order valence-electron chi connectivity index (χ0n) is 11.5. The number of anilines is 1. The minimum atomic E-state index is -0.189. The molecule has 1 aromatic carbocycles. The Bertz CT molecular complexity index is 634. The van der Waals surface area contributed by atoms with Gasteiger partial charge in [-0.2, -0.15) is 5.10 Å². The molecule has 0 aliphatic carbocycles. The summed E-state index contributed by atoms with van der Waals surface area (Å²) in [5.74, 6) is -0.0124. The normalized spacial score (nSPS) is 14.5.